The second-order valence-corrected chi connectivity index (χ2v) is 5.61. The minimum absolute atomic E-state index is 0.254. The summed E-state index contributed by atoms with van der Waals surface area (Å²) in [6, 6.07) is 0. The molecule has 0 spiro atoms. The molecule has 0 aliphatic rings. The van der Waals surface area contributed by atoms with Crippen LogP contribution < -0.4 is 0 Å². The second-order valence-electron chi connectivity index (χ2n) is 5.61. The van der Waals surface area contributed by atoms with Crippen molar-refractivity contribution < 1.29 is 24.6 Å². The number of carbonyl (C=O) groups is 3. The molecule has 33 heavy (non-hydrogen) atoms. The third-order valence-corrected chi connectivity index (χ3v) is 3.37. The van der Waals surface area contributed by atoms with Crippen molar-refractivity contribution in [3.63, 3.8) is 0 Å². The van der Waals surface area contributed by atoms with Crippen LogP contribution in [0.25, 0.3) is 34.9 Å². The largest absolute Gasteiger partial charge is 0.475 e. The molecule has 0 bridgehead atoms. The Bertz CT molecular complexity index is 1190. The predicted molar refractivity (Wildman–Crippen MR) is 93.6 cm³/mol. The Morgan fingerprint density at radius 3 is 0.970 bits per heavy atom. The van der Waals surface area contributed by atoms with Gasteiger partial charge in [-0.25, -0.2) is 24.5 Å². The first kappa shape index (κ1) is 20.7. The average Bonchev–Trinajstić information content (AvgIpc) is 2.84. The van der Waals surface area contributed by atoms with E-state index >= 15 is 0 Å². The maximum Gasteiger partial charge on any atom is 0.377 e. The van der Waals surface area contributed by atoms with Crippen molar-refractivity contribution in [1.82, 2.24) is 76.1 Å². The zero-order valence-electron chi connectivity index (χ0n) is 15.8. The van der Waals surface area contributed by atoms with Gasteiger partial charge in [-0.05, 0) is 0 Å². The van der Waals surface area contributed by atoms with E-state index < -0.39 is 29.4 Å². The molecule has 4 rings (SSSR count). The standard InChI is InChI=1S/C13H5N15O5/c1-2(29)3-17-19-7(20-18-3)4-14-5(8-21-25-10(12(30)31)26-22-8)16-6(15-4)9-23-27-11(13(32)33)28-24-9/h1H3,(H,30,31)(H,32,33). The number of aromatic nitrogens is 15. The van der Waals surface area contributed by atoms with Gasteiger partial charge in [-0.15, -0.1) is 61.2 Å². The number of rotatable bonds is 6. The minimum Gasteiger partial charge on any atom is -0.475 e. The summed E-state index contributed by atoms with van der Waals surface area (Å²) in [6.07, 6.45) is 0. The van der Waals surface area contributed by atoms with Crippen LogP contribution in [0.5, 0.6) is 0 Å². The fourth-order valence-electron chi connectivity index (χ4n) is 1.94. The molecular formula is C13H5N15O5. The molecule has 0 aliphatic carbocycles. The number of ketones is 1. The van der Waals surface area contributed by atoms with Crippen molar-refractivity contribution in [1.29, 1.82) is 0 Å². The van der Waals surface area contributed by atoms with E-state index in [2.05, 4.69) is 76.1 Å². The molecule has 4 heterocycles. The van der Waals surface area contributed by atoms with Crippen LogP contribution in [0.1, 0.15) is 38.8 Å². The first-order valence-corrected chi connectivity index (χ1v) is 8.28. The van der Waals surface area contributed by atoms with Gasteiger partial charge < -0.3 is 10.2 Å². The monoisotopic (exact) mass is 451 g/mol. The maximum atomic E-state index is 11.3. The Labute approximate surface area is 178 Å². The molecule has 4 aromatic heterocycles. The Morgan fingerprint density at radius 1 is 0.455 bits per heavy atom. The van der Waals surface area contributed by atoms with Crippen LogP contribution >= 0.6 is 0 Å². The highest BCUT2D eigenvalue weighted by atomic mass is 16.4. The molecule has 0 fully saturated rings. The Morgan fingerprint density at radius 2 is 0.727 bits per heavy atom. The molecule has 20 nitrogen and oxygen atoms in total. The second kappa shape index (κ2) is 8.29. The molecule has 162 valence electrons. The normalized spacial score (nSPS) is 10.6. The quantitative estimate of drug-likeness (QED) is 0.280. The lowest BCUT2D eigenvalue weighted by atomic mass is 10.4. The number of nitrogens with zero attached hydrogens (tertiary/aromatic N) is 15. The molecule has 0 saturated carbocycles. The highest BCUT2D eigenvalue weighted by Gasteiger charge is 2.21. The molecular weight excluding hydrogens is 446 g/mol. The van der Waals surface area contributed by atoms with E-state index in [0.29, 0.717) is 0 Å². The van der Waals surface area contributed by atoms with Gasteiger partial charge in [0.1, 0.15) is 0 Å². The summed E-state index contributed by atoms with van der Waals surface area (Å²) in [7, 11) is 0. The summed E-state index contributed by atoms with van der Waals surface area (Å²) in [5.74, 6) is -6.76. The smallest absolute Gasteiger partial charge is 0.377 e. The summed E-state index contributed by atoms with van der Waals surface area (Å²) in [5.41, 5.74) is 0. The van der Waals surface area contributed by atoms with Gasteiger partial charge in [0.25, 0.3) is 11.6 Å². The van der Waals surface area contributed by atoms with Gasteiger partial charge in [-0.2, -0.15) is 0 Å². The fourth-order valence-corrected chi connectivity index (χ4v) is 1.94. The molecule has 0 saturated heterocycles. The maximum absolute atomic E-state index is 11.3. The molecule has 0 atom stereocenters. The van der Waals surface area contributed by atoms with Crippen molar-refractivity contribution in [2.45, 2.75) is 6.92 Å². The van der Waals surface area contributed by atoms with Crippen LogP contribution in [0.4, 0.5) is 0 Å². The Balaban J connectivity index is 1.84. The number of aromatic carboxylic acids is 2. The molecule has 0 aliphatic heterocycles. The lowest BCUT2D eigenvalue weighted by Crippen LogP contribution is -2.13. The molecule has 0 amide bonds. The van der Waals surface area contributed by atoms with Gasteiger partial charge in [0.05, 0.1) is 0 Å². The number of Topliss-reactive ketones (excluding diaryl/α,β-unsaturated/α-hetero) is 1. The average molecular weight is 451 g/mol. The molecule has 0 unspecified atom stereocenters. The highest BCUT2D eigenvalue weighted by molar-refractivity contribution is 5.89. The van der Waals surface area contributed by atoms with E-state index in [0.717, 1.165) is 0 Å². The van der Waals surface area contributed by atoms with Crippen molar-refractivity contribution in [3.8, 4) is 34.9 Å². The van der Waals surface area contributed by atoms with Gasteiger partial charge in [0.15, 0.2) is 0 Å². The number of carboxylic acids is 2. The fraction of sp³-hybridized carbons (Fsp3) is 0.0769. The van der Waals surface area contributed by atoms with Crippen molar-refractivity contribution >= 4 is 17.7 Å². The van der Waals surface area contributed by atoms with Crippen LogP contribution in [0.15, 0.2) is 0 Å². The van der Waals surface area contributed by atoms with Gasteiger partial charge in [0, 0.05) is 6.92 Å². The first-order valence-electron chi connectivity index (χ1n) is 8.28. The van der Waals surface area contributed by atoms with Crippen molar-refractivity contribution in [3.05, 3.63) is 17.5 Å². The lowest BCUT2D eigenvalue weighted by molar-refractivity contribution is 0.0669. The van der Waals surface area contributed by atoms with Gasteiger partial charge in [0.2, 0.25) is 46.6 Å². The number of carboxylic acid groups (broad SMARTS) is 2. The van der Waals surface area contributed by atoms with E-state index in [-0.39, 0.29) is 40.8 Å². The van der Waals surface area contributed by atoms with Crippen molar-refractivity contribution in [2.75, 3.05) is 0 Å². The topological polar surface area (TPSA) is 285 Å². The molecule has 0 radical (unpaired) electrons. The third-order valence-electron chi connectivity index (χ3n) is 3.37. The van der Waals surface area contributed by atoms with E-state index in [9.17, 15) is 14.4 Å². The third kappa shape index (κ3) is 4.32. The number of hydrogen-bond donors (Lipinski definition) is 2. The lowest BCUT2D eigenvalue weighted by Gasteiger charge is -2.04. The molecule has 4 aromatic rings. The summed E-state index contributed by atoms with van der Waals surface area (Å²) >= 11 is 0. The van der Waals surface area contributed by atoms with Crippen LogP contribution in [-0.4, -0.2) is 104 Å². The van der Waals surface area contributed by atoms with Gasteiger partial charge in [-0.1, -0.05) is 0 Å². The first-order chi connectivity index (χ1) is 15.8. The molecule has 2 N–H and O–H groups in total. The summed E-state index contributed by atoms with van der Waals surface area (Å²) in [5, 5.41) is 60.3. The Kier molecular flexibility index (Phi) is 5.20. The SMILES string of the molecule is CC(=O)c1nnc(-c2nc(-c3nnc(C(=O)O)nn3)nc(-c3nnc(C(=O)O)nn3)n2)nn1. The zero-order valence-corrected chi connectivity index (χ0v) is 15.8. The summed E-state index contributed by atoms with van der Waals surface area (Å²) in [6.45, 7) is 1.22. The van der Waals surface area contributed by atoms with E-state index in [1.54, 1.807) is 0 Å². The summed E-state index contributed by atoms with van der Waals surface area (Å²) < 4.78 is 0. The Hall–Kier alpha value is -5.56. The minimum atomic E-state index is -1.46. The number of hydrogen-bond acceptors (Lipinski definition) is 18. The molecule has 20 heteroatoms. The van der Waals surface area contributed by atoms with Gasteiger partial charge in [-0.3, -0.25) is 4.79 Å². The van der Waals surface area contributed by atoms with Crippen LogP contribution in [-0.2, 0) is 0 Å². The summed E-state index contributed by atoms with van der Waals surface area (Å²) in [4.78, 5) is 45.2. The zero-order chi connectivity index (χ0) is 23.5. The van der Waals surface area contributed by atoms with E-state index in [4.69, 9.17) is 10.2 Å². The van der Waals surface area contributed by atoms with Crippen LogP contribution in [0, 0.1) is 0 Å². The van der Waals surface area contributed by atoms with Gasteiger partial charge >= 0.3 is 11.9 Å². The number of carbonyl (C=O) groups excluding carboxylic acids is 1. The van der Waals surface area contributed by atoms with E-state index in [1.807, 2.05) is 0 Å². The predicted octanol–water partition coefficient (Wildman–Crippen LogP) is -2.79. The van der Waals surface area contributed by atoms with Crippen molar-refractivity contribution in [2.24, 2.45) is 0 Å². The highest BCUT2D eigenvalue weighted by Crippen LogP contribution is 2.17. The van der Waals surface area contributed by atoms with E-state index in [1.165, 1.54) is 6.92 Å². The molecule has 0 aromatic carbocycles. The van der Waals surface area contributed by atoms with Crippen LogP contribution in [0.3, 0.4) is 0 Å². The van der Waals surface area contributed by atoms with Crippen LogP contribution in [0.2, 0.25) is 0 Å².